The Morgan fingerprint density at radius 1 is 0.247 bits per heavy atom. The molecular formula is C76H50N4S. The molecule has 0 bridgehead atoms. The molecule has 0 saturated heterocycles. The van der Waals surface area contributed by atoms with Crippen LogP contribution in [0, 0.1) is 0 Å². The lowest BCUT2D eigenvalue weighted by Crippen LogP contribution is -2.10. The molecular weight excluding hydrogens is 1000 g/mol. The molecule has 0 aliphatic rings. The third kappa shape index (κ3) is 7.89. The van der Waals surface area contributed by atoms with Gasteiger partial charge in [-0.25, -0.2) is 0 Å². The van der Waals surface area contributed by atoms with Crippen LogP contribution in [0.1, 0.15) is 0 Å². The smallest absolute Gasteiger partial charge is 0.0562 e. The van der Waals surface area contributed by atoms with Gasteiger partial charge in [-0.05, 0) is 148 Å². The molecule has 13 aromatic carbocycles. The van der Waals surface area contributed by atoms with Crippen molar-refractivity contribution in [2.24, 2.45) is 0 Å². The molecule has 0 radical (unpaired) electrons. The Labute approximate surface area is 473 Å². The predicted molar refractivity (Wildman–Crippen MR) is 346 cm³/mol. The van der Waals surface area contributed by atoms with Crippen LogP contribution in [-0.4, -0.2) is 9.13 Å². The van der Waals surface area contributed by atoms with Crippen molar-refractivity contribution in [1.82, 2.24) is 9.13 Å². The van der Waals surface area contributed by atoms with Crippen LogP contribution in [0.25, 0.3) is 108 Å². The number of benzene rings is 13. The lowest BCUT2D eigenvalue weighted by molar-refractivity contribution is 1.18. The molecule has 0 fully saturated rings. The van der Waals surface area contributed by atoms with Crippen LogP contribution < -0.4 is 9.80 Å². The predicted octanol–water partition coefficient (Wildman–Crippen LogP) is 21.7. The van der Waals surface area contributed by atoms with Gasteiger partial charge in [-0.3, -0.25) is 0 Å². The molecule has 0 N–H and O–H groups in total. The second-order valence-electron chi connectivity index (χ2n) is 20.9. The Bertz CT molecular complexity index is 5060. The average Bonchev–Trinajstić information content (AvgIpc) is 4.22. The van der Waals surface area contributed by atoms with Crippen molar-refractivity contribution in [1.29, 1.82) is 0 Å². The molecule has 81 heavy (non-hydrogen) atoms. The van der Waals surface area contributed by atoms with Crippen LogP contribution in [0.15, 0.2) is 303 Å². The number of para-hydroxylation sites is 3. The fourth-order valence-corrected chi connectivity index (χ4v) is 13.8. The first-order valence-corrected chi connectivity index (χ1v) is 28.5. The molecule has 16 rings (SSSR count). The zero-order chi connectivity index (χ0) is 53.4. The molecule has 0 amide bonds. The van der Waals surface area contributed by atoms with Gasteiger partial charge in [0, 0.05) is 87.2 Å². The van der Waals surface area contributed by atoms with Gasteiger partial charge in [0.1, 0.15) is 0 Å². The van der Waals surface area contributed by atoms with Gasteiger partial charge in [0.15, 0.2) is 0 Å². The van der Waals surface area contributed by atoms with Crippen molar-refractivity contribution in [2.45, 2.75) is 0 Å². The normalized spacial score (nSPS) is 11.7. The van der Waals surface area contributed by atoms with E-state index in [-0.39, 0.29) is 0 Å². The van der Waals surface area contributed by atoms with Crippen LogP contribution >= 0.6 is 11.3 Å². The highest BCUT2D eigenvalue weighted by Gasteiger charge is 2.23. The van der Waals surface area contributed by atoms with Crippen molar-refractivity contribution in [3.8, 4) is 33.6 Å². The van der Waals surface area contributed by atoms with E-state index in [1.54, 1.807) is 0 Å². The van der Waals surface area contributed by atoms with E-state index in [0.717, 1.165) is 62.1 Å². The molecule has 5 heteroatoms. The maximum absolute atomic E-state index is 2.45. The summed E-state index contributed by atoms with van der Waals surface area (Å²) in [4.78, 5) is 4.80. The zero-order valence-corrected chi connectivity index (χ0v) is 44.9. The minimum absolute atomic E-state index is 1.07. The maximum Gasteiger partial charge on any atom is 0.0562 e. The number of nitrogens with zero attached hydrogens (tertiary/aromatic N) is 4. The third-order valence-corrected chi connectivity index (χ3v) is 17.4. The summed E-state index contributed by atoms with van der Waals surface area (Å²) >= 11 is 1.89. The molecule has 0 aliphatic heterocycles. The number of hydrogen-bond acceptors (Lipinski definition) is 3. The highest BCUT2D eigenvalue weighted by atomic mass is 32.1. The van der Waals surface area contributed by atoms with Gasteiger partial charge in [0.05, 0.1) is 22.1 Å². The van der Waals surface area contributed by atoms with Crippen LogP contribution in [0.2, 0.25) is 0 Å². The fraction of sp³-hybridized carbons (Fsp3) is 0. The Kier molecular flexibility index (Phi) is 11.0. The Morgan fingerprint density at radius 2 is 0.741 bits per heavy atom. The van der Waals surface area contributed by atoms with E-state index in [4.69, 9.17) is 0 Å². The first-order chi connectivity index (χ1) is 40.2. The Hall–Kier alpha value is -10.5. The molecule has 4 nitrogen and oxygen atoms in total. The van der Waals surface area contributed by atoms with Crippen LogP contribution in [0.4, 0.5) is 34.1 Å². The molecule has 3 aromatic heterocycles. The number of thiophene rings is 1. The summed E-state index contributed by atoms with van der Waals surface area (Å²) in [7, 11) is 0. The maximum atomic E-state index is 2.45. The van der Waals surface area contributed by atoms with Crippen LogP contribution in [0.3, 0.4) is 0 Å². The molecule has 0 unspecified atom stereocenters. The van der Waals surface area contributed by atoms with Gasteiger partial charge in [-0.2, -0.15) is 0 Å². The number of hydrogen-bond donors (Lipinski definition) is 0. The van der Waals surface area contributed by atoms with E-state index >= 15 is 0 Å². The van der Waals surface area contributed by atoms with E-state index in [0.29, 0.717) is 0 Å². The first-order valence-electron chi connectivity index (χ1n) is 27.6. The SMILES string of the molecule is c1ccc(-c2cccc(-n3c4ccccc4c4ccc(N(c5ccccc5)c5cccc(-c6ccc(N(c7ccc8ccccc8c7)c7ccc8c9c%10sc%11ccccc%11c%10ccc9n(-c9ccccc9)c8c7)cc6)c5)cc43)c2)cc1. The van der Waals surface area contributed by atoms with E-state index in [2.05, 4.69) is 322 Å². The molecule has 0 spiro atoms. The average molecular weight is 1050 g/mol. The van der Waals surface area contributed by atoms with Gasteiger partial charge in [0.25, 0.3) is 0 Å². The topological polar surface area (TPSA) is 16.3 Å². The Morgan fingerprint density at radius 3 is 1.53 bits per heavy atom. The summed E-state index contributed by atoms with van der Waals surface area (Å²) in [5, 5.41) is 9.99. The molecule has 0 atom stereocenters. The molecule has 0 saturated carbocycles. The lowest BCUT2D eigenvalue weighted by atomic mass is 10.0. The monoisotopic (exact) mass is 1050 g/mol. The van der Waals surface area contributed by atoms with Gasteiger partial charge in [-0.15, -0.1) is 11.3 Å². The van der Waals surface area contributed by atoms with Crippen molar-refractivity contribution in [2.75, 3.05) is 9.80 Å². The van der Waals surface area contributed by atoms with Gasteiger partial charge in [0.2, 0.25) is 0 Å². The summed E-state index contributed by atoms with van der Waals surface area (Å²) in [6.45, 7) is 0. The third-order valence-electron chi connectivity index (χ3n) is 16.2. The standard InChI is InChI=1S/C76H50N4S/c1-4-18-51(19-5-1)55-22-17-29-61(47-55)80-70-32-14-12-30-65(70)66-42-40-63(49-72(66)80)77(57-24-6-2-7-25-57)60-28-16-23-56(46-60)53-34-37-59(38-35-53)78(62-39-36-52-20-10-11-21-54(52)48-62)64-41-43-69-73(50-64)79(58-26-8-3-9-27-58)71-45-44-68-67-31-13-15-33-74(67)81-76(68)75(69)71/h1-50H. The summed E-state index contributed by atoms with van der Waals surface area (Å²) in [6, 6.07) is 111. The van der Waals surface area contributed by atoms with Gasteiger partial charge in [-0.1, -0.05) is 188 Å². The number of fused-ring (bicyclic) bond motifs is 11. The quantitative estimate of drug-likeness (QED) is 0.136. The minimum atomic E-state index is 1.07. The highest BCUT2D eigenvalue weighted by molar-refractivity contribution is 7.26. The van der Waals surface area contributed by atoms with Crippen molar-refractivity contribution < 1.29 is 0 Å². The summed E-state index contributed by atoms with van der Waals surface area (Å²) in [5.41, 5.74) is 18.1. The summed E-state index contributed by atoms with van der Waals surface area (Å²) in [6.07, 6.45) is 0. The highest BCUT2D eigenvalue weighted by Crippen LogP contribution is 2.47. The van der Waals surface area contributed by atoms with E-state index in [9.17, 15) is 0 Å². The van der Waals surface area contributed by atoms with Crippen LogP contribution in [0.5, 0.6) is 0 Å². The lowest BCUT2D eigenvalue weighted by Gasteiger charge is -2.27. The van der Waals surface area contributed by atoms with Gasteiger partial charge < -0.3 is 18.9 Å². The van der Waals surface area contributed by atoms with Crippen molar-refractivity contribution in [3.05, 3.63) is 303 Å². The second kappa shape index (κ2) is 19.2. The number of aromatic nitrogens is 2. The van der Waals surface area contributed by atoms with E-state index in [1.165, 1.54) is 80.2 Å². The van der Waals surface area contributed by atoms with Gasteiger partial charge >= 0.3 is 0 Å². The molecule has 380 valence electrons. The van der Waals surface area contributed by atoms with Crippen LogP contribution in [-0.2, 0) is 0 Å². The first kappa shape index (κ1) is 46.6. The van der Waals surface area contributed by atoms with Crippen molar-refractivity contribution >= 4 is 120 Å². The van der Waals surface area contributed by atoms with E-state index < -0.39 is 0 Å². The van der Waals surface area contributed by atoms with E-state index in [1.807, 2.05) is 11.3 Å². The fourth-order valence-electron chi connectivity index (χ4n) is 12.5. The summed E-state index contributed by atoms with van der Waals surface area (Å²) in [5.74, 6) is 0. The Balaban J connectivity index is 0.816. The zero-order valence-electron chi connectivity index (χ0n) is 44.1. The summed E-state index contributed by atoms with van der Waals surface area (Å²) < 4.78 is 7.51. The minimum Gasteiger partial charge on any atom is -0.310 e. The molecule has 3 heterocycles. The molecule has 16 aromatic rings. The van der Waals surface area contributed by atoms with Crippen molar-refractivity contribution in [3.63, 3.8) is 0 Å². The number of anilines is 6. The number of rotatable bonds is 10. The molecule has 0 aliphatic carbocycles. The second-order valence-corrected chi connectivity index (χ2v) is 22.0. The largest absolute Gasteiger partial charge is 0.310 e.